The van der Waals surface area contributed by atoms with Crippen LogP contribution in [0.1, 0.15) is 28.8 Å². The SMILES string of the molecule is COCC1(COc2cc3c(cc2OC)-c2cc(=O)c(C(=O)O)cn2CC3)CC1. The molecule has 28 heavy (non-hydrogen) atoms. The Morgan fingerprint density at radius 2 is 1.96 bits per heavy atom. The van der Waals surface area contributed by atoms with Gasteiger partial charge in [0, 0.05) is 36.9 Å². The Kier molecular flexibility index (Phi) is 4.63. The van der Waals surface area contributed by atoms with E-state index < -0.39 is 11.4 Å². The summed E-state index contributed by atoms with van der Waals surface area (Å²) in [5.74, 6) is 0.0641. The number of aromatic nitrogens is 1. The standard InChI is InChI=1S/C21H23NO6/c1-26-11-21(4-5-21)12-28-19-7-13-3-6-22-10-15(20(24)25)17(23)9-16(22)14(13)8-18(19)27-2/h7-10H,3-6,11-12H2,1-2H3,(H,24,25). The van der Waals surface area contributed by atoms with Crippen LogP contribution in [-0.4, -0.2) is 43.1 Å². The molecule has 0 saturated heterocycles. The number of nitrogens with zero attached hydrogens (tertiary/aromatic N) is 1. The van der Waals surface area contributed by atoms with Crippen molar-refractivity contribution in [2.24, 2.45) is 5.41 Å². The molecule has 0 bridgehead atoms. The van der Waals surface area contributed by atoms with Gasteiger partial charge in [0.1, 0.15) is 5.56 Å². The van der Waals surface area contributed by atoms with Crippen LogP contribution < -0.4 is 14.9 Å². The lowest BCUT2D eigenvalue weighted by molar-refractivity contribution is 0.0694. The first-order valence-electron chi connectivity index (χ1n) is 9.27. The van der Waals surface area contributed by atoms with Crippen molar-refractivity contribution >= 4 is 5.97 Å². The molecule has 1 aliphatic carbocycles. The molecule has 0 atom stereocenters. The summed E-state index contributed by atoms with van der Waals surface area (Å²) in [7, 11) is 3.29. The minimum Gasteiger partial charge on any atom is -0.493 e. The first-order valence-corrected chi connectivity index (χ1v) is 9.27. The van der Waals surface area contributed by atoms with Gasteiger partial charge in [0.05, 0.1) is 26.0 Å². The Hall–Kier alpha value is -2.80. The fourth-order valence-electron chi connectivity index (χ4n) is 3.76. The number of carboxylic acids is 1. The zero-order valence-corrected chi connectivity index (χ0v) is 16.0. The number of aryl methyl sites for hydroxylation is 2. The molecule has 0 spiro atoms. The number of carbonyl (C=O) groups is 1. The molecule has 1 aromatic heterocycles. The number of carboxylic acid groups (broad SMARTS) is 1. The molecule has 0 radical (unpaired) electrons. The monoisotopic (exact) mass is 385 g/mol. The van der Waals surface area contributed by atoms with E-state index in [1.165, 1.54) is 12.3 Å². The molecule has 1 aliphatic heterocycles. The molecule has 7 nitrogen and oxygen atoms in total. The van der Waals surface area contributed by atoms with Crippen LogP contribution in [0.5, 0.6) is 11.5 Å². The molecule has 2 aromatic rings. The topological polar surface area (TPSA) is 87.0 Å². The third-order valence-corrected chi connectivity index (χ3v) is 5.59. The largest absolute Gasteiger partial charge is 0.493 e. The first kappa shape index (κ1) is 18.6. The van der Waals surface area contributed by atoms with E-state index in [1.807, 2.05) is 16.7 Å². The van der Waals surface area contributed by atoms with Crippen LogP contribution in [0.25, 0.3) is 11.3 Å². The number of aromatic carboxylic acids is 1. The van der Waals surface area contributed by atoms with Gasteiger partial charge in [-0.05, 0) is 37.0 Å². The maximum atomic E-state index is 12.2. The van der Waals surface area contributed by atoms with Crippen molar-refractivity contribution in [1.29, 1.82) is 0 Å². The Morgan fingerprint density at radius 3 is 2.61 bits per heavy atom. The average Bonchev–Trinajstić information content (AvgIpc) is 3.45. The molecular weight excluding hydrogens is 362 g/mol. The van der Waals surface area contributed by atoms with Gasteiger partial charge >= 0.3 is 5.97 Å². The van der Waals surface area contributed by atoms with Gasteiger partial charge < -0.3 is 23.9 Å². The van der Waals surface area contributed by atoms with E-state index in [0.717, 1.165) is 24.0 Å². The van der Waals surface area contributed by atoms with Gasteiger partial charge in [-0.25, -0.2) is 4.79 Å². The summed E-state index contributed by atoms with van der Waals surface area (Å²) in [6, 6.07) is 5.22. The number of hydrogen-bond donors (Lipinski definition) is 1. The van der Waals surface area contributed by atoms with Crippen molar-refractivity contribution in [1.82, 2.24) is 4.57 Å². The highest BCUT2D eigenvalue weighted by Gasteiger charge is 2.43. The zero-order valence-electron chi connectivity index (χ0n) is 16.0. The molecule has 148 valence electrons. The summed E-state index contributed by atoms with van der Waals surface area (Å²) in [6.45, 7) is 1.86. The lowest BCUT2D eigenvalue weighted by Gasteiger charge is -2.25. The van der Waals surface area contributed by atoms with Gasteiger partial charge in [0.25, 0.3) is 0 Å². The zero-order chi connectivity index (χ0) is 19.9. The molecule has 2 heterocycles. The first-order chi connectivity index (χ1) is 13.5. The minimum atomic E-state index is -1.21. The second-order valence-electron chi connectivity index (χ2n) is 7.57. The molecule has 7 heteroatoms. The van der Waals surface area contributed by atoms with Crippen molar-refractivity contribution in [2.45, 2.75) is 25.8 Å². The maximum Gasteiger partial charge on any atom is 0.341 e. The number of pyridine rings is 1. The Morgan fingerprint density at radius 1 is 1.18 bits per heavy atom. The second kappa shape index (κ2) is 6.98. The third-order valence-electron chi connectivity index (χ3n) is 5.59. The van der Waals surface area contributed by atoms with Gasteiger partial charge in [0.15, 0.2) is 16.9 Å². The van der Waals surface area contributed by atoms with E-state index in [1.54, 1.807) is 14.2 Å². The Balaban J connectivity index is 1.68. The summed E-state index contributed by atoms with van der Waals surface area (Å²) >= 11 is 0. The molecule has 0 unspecified atom stereocenters. The van der Waals surface area contributed by atoms with Crippen molar-refractivity contribution in [3.05, 3.63) is 45.7 Å². The molecule has 1 aromatic carbocycles. The number of methoxy groups -OCH3 is 2. The molecule has 1 fully saturated rings. The third kappa shape index (κ3) is 3.26. The van der Waals surface area contributed by atoms with E-state index in [4.69, 9.17) is 14.2 Å². The predicted molar refractivity (Wildman–Crippen MR) is 102 cm³/mol. The maximum absolute atomic E-state index is 12.2. The van der Waals surface area contributed by atoms with Crippen LogP contribution in [0.3, 0.4) is 0 Å². The lowest BCUT2D eigenvalue weighted by atomic mass is 9.96. The van der Waals surface area contributed by atoms with Crippen molar-refractivity contribution < 1.29 is 24.1 Å². The van der Waals surface area contributed by atoms with Crippen molar-refractivity contribution in [2.75, 3.05) is 27.4 Å². The predicted octanol–water partition coefficient (Wildman–Crippen LogP) is 2.58. The van der Waals surface area contributed by atoms with Gasteiger partial charge in [-0.3, -0.25) is 4.79 Å². The van der Waals surface area contributed by atoms with E-state index in [-0.39, 0.29) is 11.0 Å². The van der Waals surface area contributed by atoms with Crippen LogP contribution in [0, 0.1) is 5.41 Å². The highest BCUT2D eigenvalue weighted by molar-refractivity contribution is 5.87. The van der Waals surface area contributed by atoms with Crippen molar-refractivity contribution in [3.63, 3.8) is 0 Å². The molecule has 2 aliphatic rings. The number of ether oxygens (including phenoxy) is 3. The summed E-state index contributed by atoms with van der Waals surface area (Å²) < 4.78 is 18.7. The molecule has 4 rings (SSSR count). The van der Waals surface area contributed by atoms with Gasteiger partial charge in [-0.2, -0.15) is 0 Å². The number of rotatable bonds is 7. The van der Waals surface area contributed by atoms with E-state index >= 15 is 0 Å². The van der Waals surface area contributed by atoms with E-state index in [9.17, 15) is 14.7 Å². The lowest BCUT2D eigenvalue weighted by Crippen LogP contribution is -2.22. The van der Waals surface area contributed by atoms with Gasteiger partial charge in [-0.15, -0.1) is 0 Å². The average molecular weight is 385 g/mol. The minimum absolute atomic E-state index is 0.100. The Labute approximate surface area is 162 Å². The fraction of sp³-hybridized carbons (Fsp3) is 0.429. The Bertz CT molecular complexity index is 989. The van der Waals surface area contributed by atoms with Crippen molar-refractivity contribution in [3.8, 4) is 22.8 Å². The van der Waals surface area contributed by atoms with Crippen LogP contribution in [0.15, 0.2) is 29.2 Å². The normalized spacial score (nSPS) is 16.1. The smallest absolute Gasteiger partial charge is 0.341 e. The van der Waals surface area contributed by atoms with Gasteiger partial charge in [0.2, 0.25) is 0 Å². The molecule has 0 amide bonds. The molecular formula is C21H23NO6. The second-order valence-corrected chi connectivity index (χ2v) is 7.57. The summed E-state index contributed by atoms with van der Waals surface area (Å²) in [6.07, 6.45) is 4.32. The quantitative estimate of drug-likeness (QED) is 0.788. The number of benzene rings is 1. The highest BCUT2D eigenvalue weighted by atomic mass is 16.5. The molecule has 1 N–H and O–H groups in total. The van der Waals surface area contributed by atoms with E-state index in [0.29, 0.717) is 43.4 Å². The fourth-order valence-corrected chi connectivity index (χ4v) is 3.76. The molecule has 1 saturated carbocycles. The summed E-state index contributed by atoms with van der Waals surface area (Å²) in [4.78, 5) is 23.4. The number of fused-ring (bicyclic) bond motifs is 3. The number of hydrogen-bond acceptors (Lipinski definition) is 5. The van der Waals surface area contributed by atoms with Crippen LogP contribution >= 0.6 is 0 Å². The summed E-state index contributed by atoms with van der Waals surface area (Å²) in [5.41, 5.74) is 1.99. The highest BCUT2D eigenvalue weighted by Crippen LogP contribution is 2.47. The van der Waals surface area contributed by atoms with E-state index in [2.05, 4.69) is 0 Å². The van der Waals surface area contributed by atoms with Crippen LogP contribution in [0.2, 0.25) is 0 Å². The van der Waals surface area contributed by atoms with Crippen LogP contribution in [0.4, 0.5) is 0 Å². The van der Waals surface area contributed by atoms with Crippen LogP contribution in [-0.2, 0) is 17.7 Å². The van der Waals surface area contributed by atoms with Gasteiger partial charge in [-0.1, -0.05) is 0 Å². The summed E-state index contributed by atoms with van der Waals surface area (Å²) in [5, 5.41) is 9.19.